The number of nitro benzene ring substituents is 1. The number of hydrogen-bond donors (Lipinski definition) is 1. The Labute approximate surface area is 160 Å². The van der Waals surface area contributed by atoms with Crippen molar-refractivity contribution in [2.45, 2.75) is 20.4 Å². The van der Waals surface area contributed by atoms with Crippen LogP contribution in [0.25, 0.3) is 21.9 Å². The zero-order valence-electron chi connectivity index (χ0n) is 15.3. The number of carbonyl (C=O) groups is 1. The Morgan fingerprint density at radius 3 is 2.64 bits per heavy atom. The second-order valence-electron chi connectivity index (χ2n) is 6.43. The maximum atomic E-state index is 12.6. The summed E-state index contributed by atoms with van der Waals surface area (Å²) in [5.74, 6) is 0.0259. The van der Waals surface area contributed by atoms with Crippen molar-refractivity contribution in [1.82, 2.24) is 14.8 Å². The lowest BCUT2D eigenvalue weighted by molar-refractivity contribution is -0.384. The van der Waals surface area contributed by atoms with Gasteiger partial charge in [-0.05, 0) is 37.6 Å². The van der Waals surface area contributed by atoms with Gasteiger partial charge >= 0.3 is 0 Å². The molecule has 8 heteroatoms. The third kappa shape index (κ3) is 2.94. The maximum Gasteiger partial charge on any atom is 0.269 e. The number of hydrogen-bond acceptors (Lipinski definition) is 5. The number of aromatic nitrogens is 3. The minimum atomic E-state index is -0.503. The van der Waals surface area contributed by atoms with Gasteiger partial charge in [-0.1, -0.05) is 18.2 Å². The zero-order valence-corrected chi connectivity index (χ0v) is 15.3. The highest BCUT2D eigenvalue weighted by Crippen LogP contribution is 2.27. The summed E-state index contributed by atoms with van der Waals surface area (Å²) in [6.07, 6.45) is 0. The molecule has 2 aromatic heterocycles. The fourth-order valence-electron chi connectivity index (χ4n) is 3.16. The van der Waals surface area contributed by atoms with Crippen LogP contribution >= 0.6 is 0 Å². The van der Waals surface area contributed by atoms with Crippen LogP contribution < -0.4 is 5.32 Å². The summed E-state index contributed by atoms with van der Waals surface area (Å²) in [6, 6.07) is 13.4. The molecule has 28 heavy (non-hydrogen) atoms. The summed E-state index contributed by atoms with van der Waals surface area (Å²) < 4.78 is 1.74. The van der Waals surface area contributed by atoms with Crippen molar-refractivity contribution in [3.63, 3.8) is 0 Å². The van der Waals surface area contributed by atoms with E-state index >= 15 is 0 Å². The van der Waals surface area contributed by atoms with Crippen LogP contribution in [0.5, 0.6) is 0 Å². The van der Waals surface area contributed by atoms with Crippen LogP contribution in [0.2, 0.25) is 0 Å². The highest BCUT2D eigenvalue weighted by atomic mass is 16.6. The number of nitro groups is 1. The molecule has 1 amide bonds. The van der Waals surface area contributed by atoms with E-state index in [1.54, 1.807) is 4.68 Å². The number of aryl methyl sites for hydroxylation is 2. The Morgan fingerprint density at radius 1 is 1.21 bits per heavy atom. The summed E-state index contributed by atoms with van der Waals surface area (Å²) in [5, 5.41) is 19.8. The van der Waals surface area contributed by atoms with Crippen LogP contribution in [-0.2, 0) is 6.54 Å². The topological polar surface area (TPSA) is 103 Å². The number of anilines is 1. The fraction of sp³-hybridized carbons (Fsp3) is 0.150. The van der Waals surface area contributed by atoms with Crippen LogP contribution in [-0.4, -0.2) is 25.6 Å². The molecule has 0 atom stereocenters. The molecular formula is C20H17N5O3. The predicted molar refractivity (Wildman–Crippen MR) is 106 cm³/mol. The molecule has 8 nitrogen and oxygen atoms in total. The van der Waals surface area contributed by atoms with Crippen molar-refractivity contribution >= 4 is 39.3 Å². The van der Waals surface area contributed by atoms with E-state index in [9.17, 15) is 14.9 Å². The largest absolute Gasteiger partial charge is 0.305 e. The number of nitrogens with zero attached hydrogens (tertiary/aromatic N) is 4. The Balaban J connectivity index is 1.75. The van der Waals surface area contributed by atoms with Gasteiger partial charge in [-0.2, -0.15) is 5.10 Å². The standard InChI is InChI=1S/C20H17N5O3/c1-3-24-19-16(11-14-6-4-5-12(2)17(14)21-19)18(23-24)22-20(26)13-7-9-15(10-8-13)25(27)28/h4-11H,3H2,1-2H3,(H,22,23,26). The maximum absolute atomic E-state index is 12.6. The van der Waals surface area contributed by atoms with E-state index in [4.69, 9.17) is 4.98 Å². The van der Waals surface area contributed by atoms with E-state index in [-0.39, 0.29) is 11.6 Å². The minimum absolute atomic E-state index is 0.0664. The number of carbonyl (C=O) groups excluding carboxylic acids is 1. The molecule has 0 fully saturated rings. The molecule has 140 valence electrons. The van der Waals surface area contributed by atoms with E-state index < -0.39 is 4.92 Å². The summed E-state index contributed by atoms with van der Waals surface area (Å²) in [6.45, 7) is 4.57. The molecule has 0 saturated heterocycles. The first kappa shape index (κ1) is 17.6. The van der Waals surface area contributed by atoms with Crippen molar-refractivity contribution in [2.24, 2.45) is 0 Å². The fourth-order valence-corrected chi connectivity index (χ4v) is 3.16. The lowest BCUT2D eigenvalue weighted by Crippen LogP contribution is -2.12. The summed E-state index contributed by atoms with van der Waals surface area (Å²) >= 11 is 0. The van der Waals surface area contributed by atoms with Gasteiger partial charge in [-0.25, -0.2) is 9.67 Å². The van der Waals surface area contributed by atoms with Gasteiger partial charge in [0.2, 0.25) is 0 Å². The second kappa shape index (κ2) is 6.73. The summed E-state index contributed by atoms with van der Waals surface area (Å²) in [4.78, 5) is 27.6. The first-order valence-corrected chi connectivity index (χ1v) is 8.80. The number of para-hydroxylation sites is 1. The molecular weight excluding hydrogens is 358 g/mol. The number of amides is 1. The van der Waals surface area contributed by atoms with Gasteiger partial charge in [0.05, 0.1) is 15.8 Å². The number of benzene rings is 2. The molecule has 0 spiro atoms. The molecule has 4 rings (SSSR count). The molecule has 0 bridgehead atoms. The van der Waals surface area contributed by atoms with Crippen molar-refractivity contribution in [2.75, 3.05) is 5.32 Å². The van der Waals surface area contributed by atoms with Crippen LogP contribution in [0.1, 0.15) is 22.8 Å². The molecule has 2 aromatic carbocycles. The van der Waals surface area contributed by atoms with Gasteiger partial charge in [0.15, 0.2) is 11.5 Å². The molecule has 0 radical (unpaired) electrons. The molecule has 0 aliphatic rings. The van der Waals surface area contributed by atoms with Crippen LogP contribution in [0.4, 0.5) is 11.5 Å². The SMILES string of the molecule is CCn1nc(NC(=O)c2ccc([N+](=O)[O-])cc2)c2cc3cccc(C)c3nc21. The van der Waals surface area contributed by atoms with Gasteiger partial charge in [0, 0.05) is 29.6 Å². The third-order valence-electron chi connectivity index (χ3n) is 4.62. The van der Waals surface area contributed by atoms with Gasteiger partial charge < -0.3 is 5.32 Å². The van der Waals surface area contributed by atoms with Crippen LogP contribution in [0.3, 0.4) is 0 Å². The quantitative estimate of drug-likeness (QED) is 0.428. The minimum Gasteiger partial charge on any atom is -0.305 e. The molecule has 0 unspecified atom stereocenters. The Morgan fingerprint density at radius 2 is 1.96 bits per heavy atom. The third-order valence-corrected chi connectivity index (χ3v) is 4.62. The number of pyridine rings is 1. The van der Waals surface area contributed by atoms with Crippen molar-refractivity contribution < 1.29 is 9.72 Å². The summed E-state index contributed by atoms with van der Waals surface area (Å²) in [5.41, 5.74) is 2.92. The number of rotatable bonds is 4. The Kier molecular flexibility index (Phi) is 4.23. The second-order valence-corrected chi connectivity index (χ2v) is 6.43. The lowest BCUT2D eigenvalue weighted by atomic mass is 10.1. The Hall–Kier alpha value is -3.81. The van der Waals surface area contributed by atoms with Crippen LogP contribution in [0.15, 0.2) is 48.5 Å². The Bertz CT molecular complexity index is 1230. The molecule has 4 aromatic rings. The molecule has 2 heterocycles. The van der Waals surface area contributed by atoms with Gasteiger partial charge in [0.1, 0.15) is 0 Å². The lowest BCUT2D eigenvalue weighted by Gasteiger charge is -2.04. The van der Waals surface area contributed by atoms with Gasteiger partial charge in [-0.15, -0.1) is 0 Å². The average Bonchev–Trinajstić information content (AvgIpc) is 3.03. The predicted octanol–water partition coefficient (Wildman–Crippen LogP) is 4.07. The van der Waals surface area contributed by atoms with Crippen molar-refractivity contribution in [3.05, 3.63) is 69.8 Å². The zero-order chi connectivity index (χ0) is 19.8. The van der Waals surface area contributed by atoms with E-state index in [1.165, 1.54) is 24.3 Å². The van der Waals surface area contributed by atoms with Crippen molar-refractivity contribution in [1.29, 1.82) is 0 Å². The number of fused-ring (bicyclic) bond motifs is 2. The molecule has 0 aliphatic carbocycles. The smallest absolute Gasteiger partial charge is 0.269 e. The number of nitrogens with one attached hydrogen (secondary N) is 1. The molecule has 0 saturated carbocycles. The number of non-ortho nitro benzene ring substituents is 1. The highest BCUT2D eigenvalue weighted by Gasteiger charge is 2.17. The van der Waals surface area contributed by atoms with Crippen molar-refractivity contribution in [3.8, 4) is 0 Å². The van der Waals surface area contributed by atoms with E-state index in [2.05, 4.69) is 10.4 Å². The first-order valence-electron chi connectivity index (χ1n) is 8.80. The summed E-state index contributed by atoms with van der Waals surface area (Å²) in [7, 11) is 0. The first-order chi connectivity index (χ1) is 13.5. The van der Waals surface area contributed by atoms with Crippen LogP contribution in [0, 0.1) is 17.0 Å². The van der Waals surface area contributed by atoms with Gasteiger partial charge in [-0.3, -0.25) is 14.9 Å². The highest BCUT2D eigenvalue weighted by molar-refractivity contribution is 6.09. The van der Waals surface area contributed by atoms with E-state index in [0.717, 1.165) is 21.9 Å². The molecule has 1 N–H and O–H groups in total. The van der Waals surface area contributed by atoms with E-state index in [0.29, 0.717) is 23.6 Å². The normalized spacial score (nSPS) is 11.1. The average molecular weight is 375 g/mol. The van der Waals surface area contributed by atoms with Gasteiger partial charge in [0.25, 0.3) is 11.6 Å². The molecule has 0 aliphatic heterocycles. The monoisotopic (exact) mass is 375 g/mol. The van der Waals surface area contributed by atoms with E-state index in [1.807, 2.05) is 38.1 Å².